The molecule has 1 aromatic carbocycles. The normalized spacial score (nSPS) is 11.7. The highest BCUT2D eigenvalue weighted by Crippen LogP contribution is 2.32. The molecule has 0 unspecified atom stereocenters. The van der Waals surface area contributed by atoms with Gasteiger partial charge < -0.3 is 10.2 Å². The maximum absolute atomic E-state index is 13.1. The average molecular weight is 287 g/mol. The topological polar surface area (TPSA) is 56.2 Å². The van der Waals surface area contributed by atoms with Gasteiger partial charge >= 0.3 is 6.18 Å². The van der Waals surface area contributed by atoms with Crippen LogP contribution >= 0.6 is 0 Å². The molecule has 0 radical (unpaired) electrons. The van der Waals surface area contributed by atoms with Gasteiger partial charge in [-0.2, -0.15) is 13.2 Å². The van der Waals surface area contributed by atoms with Crippen LogP contribution in [-0.4, -0.2) is 5.78 Å². The van der Waals surface area contributed by atoms with Gasteiger partial charge in [-0.15, -0.1) is 0 Å². The molecule has 0 aliphatic heterocycles. The minimum absolute atomic E-state index is 0.0600. The van der Waals surface area contributed by atoms with Crippen LogP contribution in [0.2, 0.25) is 0 Å². The Kier molecular flexibility index (Phi) is 3.63. The van der Waals surface area contributed by atoms with Crippen molar-refractivity contribution in [2.75, 3.05) is 0 Å². The molecule has 2 N–H and O–H groups in total. The molecule has 0 fully saturated rings. The number of halogens is 4. The van der Waals surface area contributed by atoms with Crippen molar-refractivity contribution in [3.05, 3.63) is 58.8 Å². The van der Waals surface area contributed by atoms with Gasteiger partial charge in [0.15, 0.2) is 5.76 Å². The van der Waals surface area contributed by atoms with E-state index in [1.807, 2.05) is 0 Å². The second-order valence-electron chi connectivity index (χ2n) is 3.99. The summed E-state index contributed by atoms with van der Waals surface area (Å²) < 4.78 is 55.9. The number of furan rings is 1. The standard InChI is InChI=1S/C13H9F4NO2/c14-10-3-1-7(5-9(10)13(15,16)17)12(19)11-4-2-8(6-18)20-11/h1-5H,6,18H2. The Balaban J connectivity index is 2.40. The van der Waals surface area contributed by atoms with Crippen LogP contribution in [-0.2, 0) is 12.7 Å². The zero-order chi connectivity index (χ0) is 14.9. The first kappa shape index (κ1) is 14.3. The van der Waals surface area contributed by atoms with Crippen LogP contribution in [0, 0.1) is 5.82 Å². The first-order valence-electron chi connectivity index (χ1n) is 5.53. The molecule has 0 saturated heterocycles. The fourth-order valence-corrected chi connectivity index (χ4v) is 1.64. The highest BCUT2D eigenvalue weighted by atomic mass is 19.4. The van der Waals surface area contributed by atoms with E-state index in [0.29, 0.717) is 17.9 Å². The molecule has 106 valence electrons. The summed E-state index contributed by atoms with van der Waals surface area (Å²) in [6, 6.07) is 4.78. The maximum atomic E-state index is 13.1. The molecule has 0 spiro atoms. The van der Waals surface area contributed by atoms with Gasteiger partial charge in [-0.1, -0.05) is 0 Å². The summed E-state index contributed by atoms with van der Waals surface area (Å²) in [5.74, 6) is -2.02. The van der Waals surface area contributed by atoms with E-state index in [1.54, 1.807) is 0 Å². The molecule has 0 aliphatic rings. The van der Waals surface area contributed by atoms with Crippen molar-refractivity contribution >= 4 is 5.78 Å². The van der Waals surface area contributed by atoms with Crippen molar-refractivity contribution in [2.45, 2.75) is 12.7 Å². The summed E-state index contributed by atoms with van der Waals surface area (Å²) in [5, 5.41) is 0. The third-order valence-electron chi connectivity index (χ3n) is 2.62. The number of alkyl halides is 3. The van der Waals surface area contributed by atoms with E-state index in [4.69, 9.17) is 10.2 Å². The SMILES string of the molecule is NCc1ccc(C(=O)c2ccc(F)c(C(F)(F)F)c2)o1. The van der Waals surface area contributed by atoms with Crippen molar-refractivity contribution in [1.82, 2.24) is 0 Å². The summed E-state index contributed by atoms with van der Waals surface area (Å²) in [5.41, 5.74) is 3.50. The summed E-state index contributed by atoms with van der Waals surface area (Å²) in [7, 11) is 0. The predicted octanol–water partition coefficient (Wildman–Crippen LogP) is 3.13. The summed E-state index contributed by atoms with van der Waals surface area (Å²) in [6.45, 7) is 0.0600. The second-order valence-corrected chi connectivity index (χ2v) is 3.99. The van der Waals surface area contributed by atoms with E-state index in [-0.39, 0.29) is 17.9 Å². The minimum Gasteiger partial charge on any atom is -0.456 e. The van der Waals surface area contributed by atoms with Crippen LogP contribution in [0.1, 0.15) is 27.4 Å². The highest BCUT2D eigenvalue weighted by molar-refractivity contribution is 6.07. The predicted molar refractivity (Wildman–Crippen MR) is 61.4 cm³/mol. The largest absolute Gasteiger partial charge is 0.456 e. The van der Waals surface area contributed by atoms with Gasteiger partial charge in [-0.25, -0.2) is 4.39 Å². The Bertz CT molecular complexity index is 646. The van der Waals surface area contributed by atoms with Gasteiger partial charge in [0.05, 0.1) is 12.1 Å². The molecule has 1 heterocycles. The molecule has 1 aromatic heterocycles. The van der Waals surface area contributed by atoms with Crippen molar-refractivity contribution in [3.63, 3.8) is 0 Å². The molecule has 0 aliphatic carbocycles. The molecular weight excluding hydrogens is 278 g/mol. The smallest absolute Gasteiger partial charge is 0.419 e. The van der Waals surface area contributed by atoms with E-state index in [2.05, 4.69) is 0 Å². The zero-order valence-corrected chi connectivity index (χ0v) is 10.00. The van der Waals surface area contributed by atoms with E-state index in [1.165, 1.54) is 12.1 Å². The van der Waals surface area contributed by atoms with Gasteiger partial charge in [0.2, 0.25) is 5.78 Å². The molecule has 20 heavy (non-hydrogen) atoms. The number of rotatable bonds is 3. The lowest BCUT2D eigenvalue weighted by atomic mass is 10.0. The summed E-state index contributed by atoms with van der Waals surface area (Å²) in [6.07, 6.45) is -4.87. The lowest BCUT2D eigenvalue weighted by molar-refractivity contribution is -0.140. The second kappa shape index (κ2) is 5.09. The number of ketones is 1. The number of carbonyl (C=O) groups is 1. The first-order chi connectivity index (χ1) is 9.32. The van der Waals surface area contributed by atoms with Crippen molar-refractivity contribution in [3.8, 4) is 0 Å². The van der Waals surface area contributed by atoms with Gasteiger partial charge in [0.25, 0.3) is 0 Å². The van der Waals surface area contributed by atoms with Gasteiger partial charge in [0, 0.05) is 5.56 Å². The molecule has 0 saturated carbocycles. The lowest BCUT2D eigenvalue weighted by Gasteiger charge is -2.09. The molecule has 7 heteroatoms. The lowest BCUT2D eigenvalue weighted by Crippen LogP contribution is -2.10. The molecule has 2 rings (SSSR count). The van der Waals surface area contributed by atoms with Gasteiger partial charge in [-0.3, -0.25) is 4.79 Å². The zero-order valence-electron chi connectivity index (χ0n) is 10.00. The summed E-state index contributed by atoms with van der Waals surface area (Å²) >= 11 is 0. The Morgan fingerprint density at radius 3 is 2.45 bits per heavy atom. The Hall–Kier alpha value is -2.15. The molecule has 2 aromatic rings. The van der Waals surface area contributed by atoms with E-state index in [9.17, 15) is 22.4 Å². The van der Waals surface area contributed by atoms with E-state index >= 15 is 0 Å². The van der Waals surface area contributed by atoms with Crippen molar-refractivity contribution < 1.29 is 26.8 Å². The van der Waals surface area contributed by atoms with Crippen LogP contribution in [0.5, 0.6) is 0 Å². The Morgan fingerprint density at radius 2 is 1.90 bits per heavy atom. The molecular formula is C13H9F4NO2. The van der Waals surface area contributed by atoms with Crippen LogP contribution in [0.25, 0.3) is 0 Å². The molecule has 0 bridgehead atoms. The van der Waals surface area contributed by atoms with Crippen LogP contribution < -0.4 is 5.73 Å². The monoisotopic (exact) mass is 287 g/mol. The molecule has 3 nitrogen and oxygen atoms in total. The maximum Gasteiger partial charge on any atom is 0.419 e. The summed E-state index contributed by atoms with van der Waals surface area (Å²) in [4.78, 5) is 11.9. The van der Waals surface area contributed by atoms with Gasteiger partial charge in [-0.05, 0) is 30.3 Å². The van der Waals surface area contributed by atoms with Crippen LogP contribution in [0.4, 0.5) is 17.6 Å². The number of nitrogens with two attached hydrogens (primary N) is 1. The van der Waals surface area contributed by atoms with Crippen molar-refractivity contribution in [1.29, 1.82) is 0 Å². The average Bonchev–Trinajstić information content (AvgIpc) is 2.86. The Morgan fingerprint density at radius 1 is 1.20 bits per heavy atom. The highest BCUT2D eigenvalue weighted by Gasteiger charge is 2.34. The van der Waals surface area contributed by atoms with E-state index in [0.717, 1.165) is 6.07 Å². The fourth-order valence-electron chi connectivity index (χ4n) is 1.64. The number of benzene rings is 1. The Labute approximate surface area is 111 Å². The number of hydrogen-bond donors (Lipinski definition) is 1. The van der Waals surface area contributed by atoms with Crippen molar-refractivity contribution in [2.24, 2.45) is 5.73 Å². The quantitative estimate of drug-likeness (QED) is 0.697. The molecule has 0 amide bonds. The number of hydrogen-bond acceptors (Lipinski definition) is 3. The third-order valence-corrected chi connectivity index (χ3v) is 2.62. The minimum atomic E-state index is -4.87. The van der Waals surface area contributed by atoms with Gasteiger partial charge in [0.1, 0.15) is 11.6 Å². The first-order valence-corrected chi connectivity index (χ1v) is 5.53. The molecule has 0 atom stereocenters. The van der Waals surface area contributed by atoms with Crippen LogP contribution in [0.15, 0.2) is 34.7 Å². The van der Waals surface area contributed by atoms with E-state index < -0.39 is 23.3 Å². The van der Waals surface area contributed by atoms with Crippen LogP contribution in [0.3, 0.4) is 0 Å². The third kappa shape index (κ3) is 2.72. The fraction of sp³-hybridized carbons (Fsp3) is 0.154. The number of carbonyl (C=O) groups excluding carboxylic acids is 1.